The number of para-hydroxylation sites is 2. The van der Waals surface area contributed by atoms with Gasteiger partial charge in [-0.05, 0) is 43.2 Å². The summed E-state index contributed by atoms with van der Waals surface area (Å²) in [6, 6.07) is 15.4. The van der Waals surface area contributed by atoms with Crippen LogP contribution in [0.1, 0.15) is 31.3 Å². The van der Waals surface area contributed by atoms with Crippen molar-refractivity contribution in [2.75, 3.05) is 11.9 Å². The first-order chi connectivity index (χ1) is 15.6. The number of nitrogens with one attached hydrogen (secondary N) is 1. The molecule has 1 amide bonds. The Labute approximate surface area is 191 Å². The molecule has 3 aromatic rings. The van der Waals surface area contributed by atoms with Crippen molar-refractivity contribution in [2.24, 2.45) is 0 Å². The van der Waals surface area contributed by atoms with Crippen LogP contribution in [0.15, 0.2) is 66.3 Å². The van der Waals surface area contributed by atoms with Crippen molar-refractivity contribution in [3.63, 3.8) is 0 Å². The Morgan fingerprint density at radius 2 is 2.00 bits per heavy atom. The number of amides is 1. The van der Waals surface area contributed by atoms with E-state index in [2.05, 4.69) is 29.0 Å². The van der Waals surface area contributed by atoms with Crippen molar-refractivity contribution in [3.8, 4) is 11.5 Å². The van der Waals surface area contributed by atoms with Crippen molar-refractivity contribution >= 4 is 23.4 Å². The molecule has 0 spiro atoms. The number of thioether (sulfide) groups is 1. The molecule has 1 aliphatic rings. The number of rotatable bonds is 8. The van der Waals surface area contributed by atoms with E-state index in [9.17, 15) is 4.79 Å². The lowest BCUT2D eigenvalue weighted by atomic mass is 10.1. The molecule has 2 atom stereocenters. The minimum atomic E-state index is -0.395. The second-order valence-corrected chi connectivity index (χ2v) is 8.71. The summed E-state index contributed by atoms with van der Waals surface area (Å²) in [4.78, 5) is 12.7. The van der Waals surface area contributed by atoms with Crippen LogP contribution in [0.3, 0.4) is 0 Å². The van der Waals surface area contributed by atoms with Crippen LogP contribution in [-0.2, 0) is 17.8 Å². The summed E-state index contributed by atoms with van der Waals surface area (Å²) in [7, 11) is 0. The number of aryl methyl sites for hydroxylation is 1. The average Bonchev–Trinajstić information content (AvgIpc) is 3.21. The summed E-state index contributed by atoms with van der Waals surface area (Å²) >= 11 is 1.35. The van der Waals surface area contributed by atoms with Crippen molar-refractivity contribution < 1.29 is 14.3 Å². The van der Waals surface area contributed by atoms with E-state index in [4.69, 9.17) is 9.47 Å². The molecular weight excluding hydrogens is 424 g/mol. The van der Waals surface area contributed by atoms with E-state index in [1.165, 1.54) is 17.3 Å². The predicted molar refractivity (Wildman–Crippen MR) is 125 cm³/mol. The molecule has 2 aromatic carbocycles. The predicted octanol–water partition coefficient (Wildman–Crippen LogP) is 4.66. The molecule has 0 fully saturated rings. The lowest BCUT2D eigenvalue weighted by molar-refractivity contribution is -0.115. The number of allylic oxidation sites excluding steroid dienone is 1. The summed E-state index contributed by atoms with van der Waals surface area (Å²) < 4.78 is 13.8. The second-order valence-electron chi connectivity index (χ2n) is 7.40. The van der Waals surface area contributed by atoms with Crippen LogP contribution < -0.4 is 14.8 Å². The van der Waals surface area contributed by atoms with Crippen LogP contribution in [0.4, 0.5) is 5.69 Å². The number of hydrogen-bond acceptors (Lipinski definition) is 6. The van der Waals surface area contributed by atoms with E-state index >= 15 is 0 Å². The van der Waals surface area contributed by atoms with E-state index < -0.39 is 6.10 Å². The summed E-state index contributed by atoms with van der Waals surface area (Å²) in [6.45, 7) is 8.63. The number of fused-ring (bicyclic) bond motifs is 1. The fraction of sp³-hybridized carbons (Fsp3) is 0.292. The van der Waals surface area contributed by atoms with Crippen LogP contribution in [0, 0.1) is 0 Å². The highest BCUT2D eigenvalue weighted by molar-refractivity contribution is 8.00. The maximum Gasteiger partial charge on any atom is 0.237 e. The summed E-state index contributed by atoms with van der Waals surface area (Å²) in [5.41, 5.74) is 2.01. The van der Waals surface area contributed by atoms with Gasteiger partial charge in [-0.2, -0.15) is 0 Å². The first-order valence-electron chi connectivity index (χ1n) is 10.6. The number of carbonyl (C=O) groups is 1. The number of carbonyl (C=O) groups excluding carboxylic acids is 1. The van der Waals surface area contributed by atoms with E-state index in [-0.39, 0.29) is 11.2 Å². The molecule has 4 rings (SSSR count). The van der Waals surface area contributed by atoms with Gasteiger partial charge in [-0.25, -0.2) is 0 Å². The number of hydrogen-bond donors (Lipinski definition) is 1. The Hall–Kier alpha value is -3.26. The molecule has 0 aliphatic carbocycles. The maximum atomic E-state index is 12.7. The van der Waals surface area contributed by atoms with Gasteiger partial charge >= 0.3 is 0 Å². The first kappa shape index (κ1) is 22.0. The number of nitrogens with zero attached hydrogens (tertiary/aromatic N) is 3. The average molecular weight is 451 g/mol. The molecule has 7 nitrogen and oxygen atoms in total. The van der Waals surface area contributed by atoms with Gasteiger partial charge in [-0.1, -0.05) is 49.0 Å². The lowest BCUT2D eigenvalue weighted by Gasteiger charge is -2.26. The molecule has 2 heterocycles. The molecule has 32 heavy (non-hydrogen) atoms. The largest absolute Gasteiger partial charge is 0.485 e. The number of ether oxygens (including phenoxy) is 2. The molecule has 2 unspecified atom stereocenters. The molecule has 0 bridgehead atoms. The van der Waals surface area contributed by atoms with Crippen molar-refractivity contribution in [1.82, 2.24) is 14.8 Å². The third-order valence-electron chi connectivity index (χ3n) is 5.13. The van der Waals surface area contributed by atoms with E-state index in [0.717, 1.165) is 12.1 Å². The molecule has 1 aromatic heterocycles. The highest BCUT2D eigenvalue weighted by Crippen LogP contribution is 2.36. The van der Waals surface area contributed by atoms with E-state index in [0.29, 0.717) is 35.6 Å². The second kappa shape index (κ2) is 9.91. The third kappa shape index (κ3) is 4.80. The van der Waals surface area contributed by atoms with E-state index in [1.807, 2.05) is 60.0 Å². The monoisotopic (exact) mass is 450 g/mol. The summed E-state index contributed by atoms with van der Waals surface area (Å²) in [5.74, 6) is 1.93. The minimum Gasteiger partial charge on any atom is -0.485 e. The van der Waals surface area contributed by atoms with Gasteiger partial charge in [0, 0.05) is 12.2 Å². The third-order valence-corrected chi connectivity index (χ3v) is 6.22. The Bertz CT molecular complexity index is 1100. The lowest BCUT2D eigenvalue weighted by Crippen LogP contribution is -2.25. The van der Waals surface area contributed by atoms with Gasteiger partial charge in [0.1, 0.15) is 6.61 Å². The Kier molecular flexibility index (Phi) is 6.80. The van der Waals surface area contributed by atoms with Crippen LogP contribution in [0.25, 0.3) is 0 Å². The standard InChI is InChI=1S/C24H26N4O3S/c1-4-14-28-22(21-15-30-19-8-6-7-9-20(19)31-21)26-27-24(28)32-16(3)23(29)25-18-12-10-17(5-2)11-13-18/h4,6-13,16,21H,1,5,14-15H2,2-3H3,(H,25,29). The smallest absolute Gasteiger partial charge is 0.237 e. The number of aromatic nitrogens is 3. The number of benzene rings is 2. The van der Waals surface area contributed by atoms with Crippen molar-refractivity contribution in [3.05, 3.63) is 72.6 Å². The Balaban J connectivity index is 1.47. The molecule has 0 saturated heterocycles. The van der Waals surface area contributed by atoms with Gasteiger partial charge in [0.15, 0.2) is 28.6 Å². The highest BCUT2D eigenvalue weighted by atomic mass is 32.2. The Morgan fingerprint density at radius 1 is 1.25 bits per heavy atom. The quantitative estimate of drug-likeness (QED) is 0.397. The van der Waals surface area contributed by atoms with Crippen LogP contribution in [0.2, 0.25) is 0 Å². The summed E-state index contributed by atoms with van der Waals surface area (Å²) in [5, 5.41) is 11.9. The zero-order chi connectivity index (χ0) is 22.5. The van der Waals surface area contributed by atoms with Gasteiger partial charge in [0.05, 0.1) is 5.25 Å². The zero-order valence-corrected chi connectivity index (χ0v) is 19.0. The molecular formula is C24H26N4O3S. The normalized spacial score (nSPS) is 15.8. The van der Waals surface area contributed by atoms with Gasteiger partial charge in [0.25, 0.3) is 0 Å². The molecule has 1 aliphatic heterocycles. The van der Waals surface area contributed by atoms with Gasteiger partial charge in [-0.15, -0.1) is 16.8 Å². The zero-order valence-electron chi connectivity index (χ0n) is 18.2. The van der Waals surface area contributed by atoms with Crippen LogP contribution >= 0.6 is 11.8 Å². The maximum absolute atomic E-state index is 12.7. The van der Waals surface area contributed by atoms with Crippen LogP contribution in [0.5, 0.6) is 11.5 Å². The van der Waals surface area contributed by atoms with E-state index in [1.54, 1.807) is 6.08 Å². The fourth-order valence-electron chi connectivity index (χ4n) is 3.35. The van der Waals surface area contributed by atoms with Gasteiger partial charge in [-0.3, -0.25) is 9.36 Å². The number of anilines is 1. The molecule has 1 N–H and O–H groups in total. The molecule has 166 valence electrons. The SMILES string of the molecule is C=CCn1c(SC(C)C(=O)Nc2ccc(CC)cc2)nnc1C1COc2ccccc2O1. The summed E-state index contributed by atoms with van der Waals surface area (Å²) in [6.07, 6.45) is 2.34. The fourth-order valence-corrected chi connectivity index (χ4v) is 4.22. The highest BCUT2D eigenvalue weighted by Gasteiger charge is 2.29. The first-order valence-corrected chi connectivity index (χ1v) is 11.5. The van der Waals surface area contributed by atoms with Gasteiger partial charge < -0.3 is 14.8 Å². The topological polar surface area (TPSA) is 78.3 Å². The molecule has 8 heteroatoms. The van der Waals surface area contributed by atoms with Crippen molar-refractivity contribution in [2.45, 2.75) is 43.3 Å². The van der Waals surface area contributed by atoms with Crippen LogP contribution in [-0.4, -0.2) is 32.5 Å². The minimum absolute atomic E-state index is 0.0971. The Morgan fingerprint density at radius 3 is 2.72 bits per heavy atom. The molecule has 0 saturated carbocycles. The van der Waals surface area contributed by atoms with Gasteiger partial charge in [0.2, 0.25) is 5.91 Å². The van der Waals surface area contributed by atoms with Crippen molar-refractivity contribution in [1.29, 1.82) is 0 Å². The molecule has 0 radical (unpaired) electrons.